The molecule has 1 saturated heterocycles. The molecule has 0 spiro atoms. The molecule has 1 aliphatic heterocycles. The fourth-order valence-electron chi connectivity index (χ4n) is 2.69. The van der Waals surface area contributed by atoms with E-state index in [1.165, 1.54) is 12.8 Å². The number of nitrogens with zero attached hydrogens (tertiary/aromatic N) is 1. The van der Waals surface area contributed by atoms with E-state index in [-0.39, 0.29) is 11.8 Å². The number of nitrogens with one attached hydrogen (secondary N) is 2. The molecule has 5 nitrogen and oxygen atoms in total. The highest BCUT2D eigenvalue weighted by molar-refractivity contribution is 5.95. The van der Waals surface area contributed by atoms with E-state index in [0.29, 0.717) is 19.5 Å². The lowest BCUT2D eigenvalue weighted by molar-refractivity contribution is -0.120. The van der Waals surface area contributed by atoms with Crippen molar-refractivity contribution in [2.24, 2.45) is 5.92 Å². The van der Waals surface area contributed by atoms with Crippen LogP contribution in [0, 0.1) is 5.92 Å². The standard InChI is InChI=1S/C17H23N3O2/c21-16(12-18-10-13-3-4-13)19-11-14-5-7-15(8-6-14)20-9-1-2-17(20)22/h5-8,13,18H,1-4,9-12H2,(H,19,21). The Kier molecular flexibility index (Phi) is 4.73. The molecule has 1 aliphatic carbocycles. The largest absolute Gasteiger partial charge is 0.351 e. The van der Waals surface area contributed by atoms with Crippen molar-refractivity contribution in [2.75, 3.05) is 24.5 Å². The summed E-state index contributed by atoms with van der Waals surface area (Å²) in [5, 5.41) is 6.09. The summed E-state index contributed by atoms with van der Waals surface area (Å²) in [7, 11) is 0. The number of carbonyl (C=O) groups is 2. The third-order valence-electron chi connectivity index (χ3n) is 4.23. The summed E-state index contributed by atoms with van der Waals surface area (Å²) in [6.45, 7) is 2.67. The van der Waals surface area contributed by atoms with Gasteiger partial charge in [0.1, 0.15) is 0 Å². The molecule has 22 heavy (non-hydrogen) atoms. The van der Waals surface area contributed by atoms with E-state index in [4.69, 9.17) is 0 Å². The van der Waals surface area contributed by atoms with Crippen LogP contribution in [0.4, 0.5) is 5.69 Å². The number of rotatable bonds is 7. The van der Waals surface area contributed by atoms with Gasteiger partial charge in [-0.05, 0) is 49.4 Å². The summed E-state index contributed by atoms with van der Waals surface area (Å²) in [6, 6.07) is 7.85. The van der Waals surface area contributed by atoms with Gasteiger partial charge in [-0.25, -0.2) is 0 Å². The molecule has 0 aromatic heterocycles. The lowest BCUT2D eigenvalue weighted by Gasteiger charge is -2.16. The van der Waals surface area contributed by atoms with E-state index >= 15 is 0 Å². The highest BCUT2D eigenvalue weighted by atomic mass is 16.2. The van der Waals surface area contributed by atoms with Crippen molar-refractivity contribution < 1.29 is 9.59 Å². The van der Waals surface area contributed by atoms with Gasteiger partial charge in [0, 0.05) is 25.2 Å². The Morgan fingerprint density at radius 2 is 2.00 bits per heavy atom. The van der Waals surface area contributed by atoms with Gasteiger partial charge in [0.05, 0.1) is 6.54 Å². The second-order valence-corrected chi connectivity index (χ2v) is 6.17. The minimum atomic E-state index is 0.0273. The van der Waals surface area contributed by atoms with Gasteiger partial charge in [-0.1, -0.05) is 12.1 Å². The fraction of sp³-hybridized carbons (Fsp3) is 0.529. The molecule has 2 N–H and O–H groups in total. The summed E-state index contributed by atoms with van der Waals surface area (Å²) in [4.78, 5) is 25.2. The second kappa shape index (κ2) is 6.92. The Morgan fingerprint density at radius 1 is 1.23 bits per heavy atom. The highest BCUT2D eigenvalue weighted by Crippen LogP contribution is 2.27. The van der Waals surface area contributed by atoms with Crippen LogP contribution in [0.2, 0.25) is 0 Å². The first-order valence-electron chi connectivity index (χ1n) is 8.09. The van der Waals surface area contributed by atoms with Gasteiger partial charge in [0.2, 0.25) is 11.8 Å². The zero-order chi connectivity index (χ0) is 15.4. The van der Waals surface area contributed by atoms with Crippen molar-refractivity contribution >= 4 is 17.5 Å². The average Bonchev–Trinajstić information content (AvgIpc) is 3.25. The van der Waals surface area contributed by atoms with Crippen molar-refractivity contribution in [3.05, 3.63) is 29.8 Å². The van der Waals surface area contributed by atoms with Crippen LogP contribution in [-0.2, 0) is 16.1 Å². The quantitative estimate of drug-likeness (QED) is 0.801. The van der Waals surface area contributed by atoms with Gasteiger partial charge < -0.3 is 15.5 Å². The lowest BCUT2D eigenvalue weighted by atomic mass is 10.2. The summed E-state index contributed by atoms with van der Waals surface area (Å²) < 4.78 is 0. The van der Waals surface area contributed by atoms with E-state index in [1.807, 2.05) is 29.2 Å². The lowest BCUT2D eigenvalue weighted by Crippen LogP contribution is -2.34. The monoisotopic (exact) mass is 301 g/mol. The number of anilines is 1. The number of hydrogen-bond acceptors (Lipinski definition) is 3. The second-order valence-electron chi connectivity index (χ2n) is 6.17. The van der Waals surface area contributed by atoms with Crippen LogP contribution in [0.25, 0.3) is 0 Å². The Morgan fingerprint density at radius 3 is 2.64 bits per heavy atom. The van der Waals surface area contributed by atoms with E-state index in [0.717, 1.165) is 36.7 Å². The van der Waals surface area contributed by atoms with Gasteiger partial charge in [-0.15, -0.1) is 0 Å². The molecular formula is C17H23N3O2. The Bertz CT molecular complexity index is 537. The summed E-state index contributed by atoms with van der Waals surface area (Å²) in [6.07, 6.45) is 4.16. The first-order chi connectivity index (χ1) is 10.7. The zero-order valence-corrected chi connectivity index (χ0v) is 12.8. The maximum absolute atomic E-state index is 11.7. The maximum atomic E-state index is 11.7. The van der Waals surface area contributed by atoms with Crippen molar-refractivity contribution in [1.29, 1.82) is 0 Å². The topological polar surface area (TPSA) is 61.4 Å². The molecule has 0 atom stereocenters. The molecule has 2 aliphatic rings. The predicted octanol–water partition coefficient (Wildman–Crippen LogP) is 1.43. The van der Waals surface area contributed by atoms with E-state index in [9.17, 15) is 9.59 Å². The molecule has 5 heteroatoms. The molecule has 1 heterocycles. The molecule has 0 unspecified atom stereocenters. The van der Waals surface area contributed by atoms with Crippen molar-refractivity contribution in [3.8, 4) is 0 Å². The van der Waals surface area contributed by atoms with Crippen LogP contribution in [-0.4, -0.2) is 31.4 Å². The molecule has 1 aromatic carbocycles. The van der Waals surface area contributed by atoms with Gasteiger partial charge in [-0.3, -0.25) is 9.59 Å². The Balaban J connectivity index is 1.42. The molecule has 1 saturated carbocycles. The first kappa shape index (κ1) is 15.0. The summed E-state index contributed by atoms with van der Waals surface area (Å²) in [5.74, 6) is 1.01. The third-order valence-corrected chi connectivity index (χ3v) is 4.23. The number of carbonyl (C=O) groups excluding carboxylic acids is 2. The van der Waals surface area contributed by atoms with Crippen LogP contribution < -0.4 is 15.5 Å². The SMILES string of the molecule is O=C(CNCC1CC1)NCc1ccc(N2CCCC2=O)cc1. The van der Waals surface area contributed by atoms with Crippen LogP contribution in [0.15, 0.2) is 24.3 Å². The van der Waals surface area contributed by atoms with Crippen molar-refractivity contribution in [2.45, 2.75) is 32.2 Å². The average molecular weight is 301 g/mol. The van der Waals surface area contributed by atoms with E-state index in [2.05, 4.69) is 10.6 Å². The van der Waals surface area contributed by atoms with Crippen molar-refractivity contribution in [1.82, 2.24) is 10.6 Å². The molecule has 2 amide bonds. The van der Waals surface area contributed by atoms with E-state index < -0.39 is 0 Å². The first-order valence-corrected chi connectivity index (χ1v) is 8.09. The van der Waals surface area contributed by atoms with Crippen LogP contribution in [0.1, 0.15) is 31.2 Å². The Labute approximate surface area is 131 Å². The smallest absolute Gasteiger partial charge is 0.234 e. The number of amides is 2. The fourth-order valence-corrected chi connectivity index (χ4v) is 2.69. The molecular weight excluding hydrogens is 278 g/mol. The van der Waals surface area contributed by atoms with Gasteiger partial charge in [-0.2, -0.15) is 0 Å². The summed E-state index contributed by atoms with van der Waals surface area (Å²) >= 11 is 0. The molecule has 1 aromatic rings. The van der Waals surface area contributed by atoms with Crippen LogP contribution >= 0.6 is 0 Å². The normalized spacial score (nSPS) is 17.8. The number of benzene rings is 1. The third kappa shape index (κ3) is 4.07. The zero-order valence-electron chi connectivity index (χ0n) is 12.8. The predicted molar refractivity (Wildman–Crippen MR) is 85.5 cm³/mol. The van der Waals surface area contributed by atoms with Crippen LogP contribution in [0.5, 0.6) is 0 Å². The minimum Gasteiger partial charge on any atom is -0.351 e. The van der Waals surface area contributed by atoms with Gasteiger partial charge in [0.25, 0.3) is 0 Å². The van der Waals surface area contributed by atoms with Crippen LogP contribution in [0.3, 0.4) is 0 Å². The minimum absolute atomic E-state index is 0.0273. The van der Waals surface area contributed by atoms with Crippen molar-refractivity contribution in [3.63, 3.8) is 0 Å². The highest BCUT2D eigenvalue weighted by Gasteiger charge is 2.21. The maximum Gasteiger partial charge on any atom is 0.234 e. The Hall–Kier alpha value is -1.88. The summed E-state index contributed by atoms with van der Waals surface area (Å²) in [5.41, 5.74) is 2.00. The molecule has 0 radical (unpaired) electrons. The van der Waals surface area contributed by atoms with E-state index in [1.54, 1.807) is 0 Å². The molecule has 118 valence electrons. The van der Waals surface area contributed by atoms with Gasteiger partial charge >= 0.3 is 0 Å². The number of hydrogen-bond donors (Lipinski definition) is 2. The molecule has 0 bridgehead atoms. The molecule has 3 rings (SSSR count). The van der Waals surface area contributed by atoms with Gasteiger partial charge in [0.15, 0.2) is 0 Å². The molecule has 2 fully saturated rings.